The maximum absolute atomic E-state index is 15.0. The molecule has 1 fully saturated rings. The molecule has 0 N–H and O–H groups in total. The summed E-state index contributed by atoms with van der Waals surface area (Å²) in [5, 5.41) is 0.323. The minimum atomic E-state index is -0.443. The van der Waals surface area contributed by atoms with Crippen molar-refractivity contribution in [2.24, 2.45) is 14.1 Å². The second-order valence-electron chi connectivity index (χ2n) is 11.8. The SMILES string of the molecule is COCCCn1c(C2CCCN(C(=O)CCCc3ccc(-c4cn(C)c(=O)n(C)c4=O)cc3)C2)c(C)c2c(F)ccc(F)c21. The lowest BCUT2D eigenvalue weighted by molar-refractivity contribution is -0.132. The molecule has 1 amide bonds. The van der Waals surface area contributed by atoms with Gasteiger partial charge < -0.3 is 18.8 Å². The Bertz CT molecular complexity index is 1790. The predicted molar refractivity (Wildman–Crippen MR) is 167 cm³/mol. The third-order valence-corrected chi connectivity index (χ3v) is 8.86. The largest absolute Gasteiger partial charge is 0.385 e. The Hall–Kier alpha value is -4.05. The van der Waals surface area contributed by atoms with E-state index in [1.165, 1.54) is 23.7 Å². The second kappa shape index (κ2) is 13.3. The number of hydrogen-bond acceptors (Lipinski definition) is 4. The molecular formula is C34H40F2N4O4. The molecule has 0 spiro atoms. The van der Waals surface area contributed by atoms with Gasteiger partial charge in [0.05, 0.1) is 11.1 Å². The van der Waals surface area contributed by atoms with E-state index in [0.29, 0.717) is 68.4 Å². The second-order valence-corrected chi connectivity index (χ2v) is 11.8. The van der Waals surface area contributed by atoms with Gasteiger partial charge in [0.1, 0.15) is 11.6 Å². The highest BCUT2D eigenvalue weighted by atomic mass is 19.1. The van der Waals surface area contributed by atoms with Crippen molar-refractivity contribution in [3.8, 4) is 11.1 Å². The van der Waals surface area contributed by atoms with Gasteiger partial charge in [-0.2, -0.15) is 0 Å². The molecule has 44 heavy (non-hydrogen) atoms. The van der Waals surface area contributed by atoms with Crippen molar-refractivity contribution < 1.29 is 18.3 Å². The Morgan fingerprint density at radius 2 is 1.75 bits per heavy atom. The van der Waals surface area contributed by atoms with Crippen LogP contribution in [0.3, 0.4) is 0 Å². The van der Waals surface area contributed by atoms with Crippen LogP contribution in [0, 0.1) is 18.6 Å². The minimum Gasteiger partial charge on any atom is -0.385 e. The molecule has 0 aliphatic carbocycles. The lowest BCUT2D eigenvalue weighted by Gasteiger charge is -2.34. The molecule has 2 aromatic carbocycles. The van der Waals surface area contributed by atoms with Crippen molar-refractivity contribution in [3.63, 3.8) is 0 Å². The van der Waals surface area contributed by atoms with E-state index in [-0.39, 0.29) is 23.1 Å². The number of carbonyl (C=O) groups excluding carboxylic acids is 1. The van der Waals surface area contributed by atoms with Crippen LogP contribution in [-0.2, 0) is 36.6 Å². The van der Waals surface area contributed by atoms with Crippen molar-refractivity contribution in [1.29, 1.82) is 0 Å². The van der Waals surface area contributed by atoms with Gasteiger partial charge in [-0.1, -0.05) is 24.3 Å². The van der Waals surface area contributed by atoms with Crippen molar-refractivity contribution >= 4 is 16.8 Å². The summed E-state index contributed by atoms with van der Waals surface area (Å²) in [5.74, 6) is -0.808. The third kappa shape index (κ3) is 6.13. The summed E-state index contributed by atoms with van der Waals surface area (Å²) >= 11 is 0. The first kappa shape index (κ1) is 31.4. The van der Waals surface area contributed by atoms with Crippen LogP contribution in [0.1, 0.15) is 54.8 Å². The number of hydrogen-bond donors (Lipinski definition) is 0. The Labute approximate surface area is 255 Å². The Morgan fingerprint density at radius 1 is 1.02 bits per heavy atom. The summed E-state index contributed by atoms with van der Waals surface area (Å²) in [7, 11) is 4.71. The quantitative estimate of drug-likeness (QED) is 0.237. The molecule has 3 heterocycles. The van der Waals surface area contributed by atoms with Crippen LogP contribution in [0.4, 0.5) is 8.78 Å². The van der Waals surface area contributed by atoms with E-state index in [1.54, 1.807) is 20.4 Å². The van der Waals surface area contributed by atoms with Gasteiger partial charge in [-0.05, 0) is 67.9 Å². The van der Waals surface area contributed by atoms with Crippen LogP contribution in [-0.4, -0.2) is 51.3 Å². The number of benzene rings is 2. The fourth-order valence-corrected chi connectivity index (χ4v) is 6.62. The normalized spacial score (nSPS) is 15.3. The molecule has 1 aliphatic heterocycles. The van der Waals surface area contributed by atoms with Crippen molar-refractivity contribution in [2.45, 2.75) is 57.9 Å². The van der Waals surface area contributed by atoms with E-state index >= 15 is 4.39 Å². The molecule has 4 aromatic rings. The van der Waals surface area contributed by atoms with E-state index in [4.69, 9.17) is 4.74 Å². The number of halogens is 2. The van der Waals surface area contributed by atoms with Gasteiger partial charge in [-0.3, -0.25) is 14.2 Å². The smallest absolute Gasteiger partial charge is 0.330 e. The van der Waals surface area contributed by atoms with Gasteiger partial charge in [0.25, 0.3) is 5.56 Å². The van der Waals surface area contributed by atoms with Crippen LogP contribution >= 0.6 is 0 Å². The zero-order valence-electron chi connectivity index (χ0n) is 25.9. The van der Waals surface area contributed by atoms with E-state index in [9.17, 15) is 18.8 Å². The minimum absolute atomic E-state index is 0.0147. The summed E-state index contributed by atoms with van der Waals surface area (Å²) in [6, 6.07) is 10.0. The molecule has 10 heteroatoms. The van der Waals surface area contributed by atoms with Gasteiger partial charge in [0.2, 0.25) is 5.91 Å². The number of likely N-dealkylation sites (tertiary alicyclic amines) is 1. The van der Waals surface area contributed by atoms with Gasteiger partial charge in [-0.15, -0.1) is 0 Å². The lowest BCUT2D eigenvalue weighted by atomic mass is 9.91. The maximum Gasteiger partial charge on any atom is 0.330 e. The standard InChI is InChI=1S/C34H40F2N4O4/c1-22-30-27(35)15-16-28(36)32(30)40(18-7-19-44-4)31(22)25-9-6-17-39(20-25)29(41)10-5-8-23-11-13-24(14-12-23)26-21-37(2)34(43)38(3)33(26)42/h11-16,21,25H,5-10,17-20H2,1-4H3. The molecule has 1 unspecified atom stereocenters. The average Bonchev–Trinajstić information content (AvgIpc) is 3.33. The first-order valence-corrected chi connectivity index (χ1v) is 15.2. The molecule has 0 radical (unpaired) electrons. The molecule has 8 nitrogen and oxygen atoms in total. The highest BCUT2D eigenvalue weighted by Gasteiger charge is 2.30. The Morgan fingerprint density at radius 3 is 2.48 bits per heavy atom. The topological polar surface area (TPSA) is 78.5 Å². The molecule has 2 aromatic heterocycles. The number of amides is 1. The number of nitrogens with zero attached hydrogens (tertiary/aromatic N) is 4. The van der Waals surface area contributed by atoms with Crippen LogP contribution in [0.25, 0.3) is 22.0 Å². The van der Waals surface area contributed by atoms with Gasteiger partial charge in [-0.25, -0.2) is 13.6 Å². The highest BCUT2D eigenvalue weighted by molar-refractivity contribution is 5.87. The van der Waals surface area contributed by atoms with Crippen LogP contribution in [0.15, 0.2) is 52.2 Å². The fraction of sp³-hybridized carbons (Fsp3) is 0.441. The lowest BCUT2D eigenvalue weighted by Crippen LogP contribution is -2.39. The zero-order chi connectivity index (χ0) is 31.5. The van der Waals surface area contributed by atoms with Crippen molar-refractivity contribution in [1.82, 2.24) is 18.6 Å². The Kier molecular flexibility index (Phi) is 9.48. The number of carbonyl (C=O) groups is 1. The van der Waals surface area contributed by atoms with Crippen molar-refractivity contribution in [2.75, 3.05) is 26.8 Å². The number of rotatable bonds is 10. The number of fused-ring (bicyclic) bond motifs is 1. The predicted octanol–water partition coefficient (Wildman–Crippen LogP) is 5.06. The molecule has 234 valence electrons. The number of ether oxygens (including phenoxy) is 1. The van der Waals surface area contributed by atoms with Crippen LogP contribution in [0.5, 0.6) is 0 Å². The average molecular weight is 607 g/mol. The van der Waals surface area contributed by atoms with Gasteiger partial charge in [0.15, 0.2) is 0 Å². The van der Waals surface area contributed by atoms with E-state index in [2.05, 4.69) is 0 Å². The number of aryl methyl sites for hydroxylation is 4. The number of piperidine rings is 1. The van der Waals surface area contributed by atoms with E-state index < -0.39 is 11.6 Å². The van der Waals surface area contributed by atoms with Crippen LogP contribution < -0.4 is 11.2 Å². The molecule has 0 bridgehead atoms. The molecule has 5 rings (SSSR count). The van der Waals surface area contributed by atoms with Gasteiger partial charge >= 0.3 is 5.69 Å². The Balaban J connectivity index is 1.26. The summed E-state index contributed by atoms with van der Waals surface area (Å²) in [6.45, 7) is 4.07. The molecule has 1 saturated heterocycles. The first-order chi connectivity index (χ1) is 21.1. The summed E-state index contributed by atoms with van der Waals surface area (Å²) in [4.78, 5) is 39.8. The molecular weight excluding hydrogens is 566 g/mol. The number of methoxy groups -OCH3 is 1. The molecule has 1 aliphatic rings. The van der Waals surface area contributed by atoms with Crippen LogP contribution in [0.2, 0.25) is 0 Å². The summed E-state index contributed by atoms with van der Waals surface area (Å²) < 4.78 is 39.6. The number of aromatic nitrogens is 3. The molecule has 0 saturated carbocycles. The van der Waals surface area contributed by atoms with E-state index in [1.807, 2.05) is 40.7 Å². The third-order valence-electron chi connectivity index (χ3n) is 8.86. The van der Waals surface area contributed by atoms with E-state index in [0.717, 1.165) is 39.8 Å². The van der Waals surface area contributed by atoms with Gasteiger partial charge in [0, 0.05) is 77.1 Å². The molecule has 1 atom stereocenters. The summed E-state index contributed by atoms with van der Waals surface area (Å²) in [6.07, 6.45) is 5.67. The fourth-order valence-electron chi connectivity index (χ4n) is 6.62. The van der Waals surface area contributed by atoms with Crippen molar-refractivity contribution in [3.05, 3.63) is 91.9 Å². The summed E-state index contributed by atoms with van der Waals surface area (Å²) in [5.41, 5.74) is 3.47. The highest BCUT2D eigenvalue weighted by Crippen LogP contribution is 2.38. The zero-order valence-corrected chi connectivity index (χ0v) is 25.9. The maximum atomic E-state index is 15.0. The monoisotopic (exact) mass is 606 g/mol. The first-order valence-electron chi connectivity index (χ1n) is 15.2.